The lowest BCUT2D eigenvalue weighted by molar-refractivity contribution is -0.136. The van der Waals surface area contributed by atoms with Gasteiger partial charge in [-0.3, -0.25) is 0 Å². The van der Waals surface area contributed by atoms with Gasteiger partial charge in [0.05, 0.1) is 17.2 Å². The summed E-state index contributed by atoms with van der Waals surface area (Å²) in [6.07, 6.45) is -4.51. The second-order valence-corrected chi connectivity index (χ2v) is 3.51. The van der Waals surface area contributed by atoms with Gasteiger partial charge in [-0.25, -0.2) is 0 Å². The van der Waals surface area contributed by atoms with Crippen LogP contribution >= 0.6 is 0 Å². The van der Waals surface area contributed by atoms with Gasteiger partial charge in [0.2, 0.25) is 0 Å². The molecule has 0 radical (unpaired) electrons. The molecule has 2 aromatic rings. The van der Waals surface area contributed by atoms with Crippen molar-refractivity contribution < 1.29 is 13.2 Å². The van der Waals surface area contributed by atoms with Crippen LogP contribution in [0.3, 0.4) is 0 Å². The number of alkyl halides is 3. The Morgan fingerprint density at radius 2 is 2.00 bits per heavy atom. The van der Waals surface area contributed by atoms with Crippen LogP contribution in [0.2, 0.25) is 0 Å². The summed E-state index contributed by atoms with van der Waals surface area (Å²) >= 11 is 0. The van der Waals surface area contributed by atoms with Crippen molar-refractivity contribution in [3.63, 3.8) is 0 Å². The largest absolute Gasteiger partial charge is 0.418 e. The van der Waals surface area contributed by atoms with Crippen molar-refractivity contribution in [1.29, 1.82) is 5.26 Å². The molecule has 2 rings (SSSR count). The summed E-state index contributed by atoms with van der Waals surface area (Å²) in [6.45, 7) is 1.67. The lowest BCUT2D eigenvalue weighted by atomic mass is 10.0. The molecule has 0 unspecified atom stereocenters. The van der Waals surface area contributed by atoms with Crippen LogP contribution in [0.25, 0.3) is 10.9 Å². The molecule has 0 aliphatic carbocycles. The number of aryl methyl sites for hydroxylation is 1. The monoisotopic (exact) mass is 224 g/mol. The van der Waals surface area contributed by atoms with Crippen molar-refractivity contribution in [2.75, 3.05) is 0 Å². The molecule has 1 aromatic carbocycles. The van der Waals surface area contributed by atoms with Gasteiger partial charge < -0.3 is 4.98 Å². The molecule has 0 aliphatic rings. The number of benzene rings is 1. The maximum absolute atomic E-state index is 12.8. The van der Waals surface area contributed by atoms with E-state index in [1.54, 1.807) is 13.0 Å². The fraction of sp³-hybridized carbons (Fsp3) is 0.182. The number of halogens is 3. The highest BCUT2D eigenvalue weighted by Gasteiger charge is 2.35. The van der Waals surface area contributed by atoms with E-state index in [9.17, 15) is 13.2 Å². The SMILES string of the molecule is Cc1cc2c(C(F)(F)F)c(C#N)ccc2[nH]1. The maximum atomic E-state index is 12.8. The van der Waals surface area contributed by atoms with Crippen LogP contribution < -0.4 is 0 Å². The number of H-pyrrole nitrogens is 1. The summed E-state index contributed by atoms with van der Waals surface area (Å²) in [7, 11) is 0. The third kappa shape index (κ3) is 1.52. The Bertz CT molecular complexity index is 588. The minimum Gasteiger partial charge on any atom is -0.359 e. The van der Waals surface area contributed by atoms with Gasteiger partial charge in [0.1, 0.15) is 0 Å². The van der Waals surface area contributed by atoms with E-state index >= 15 is 0 Å². The number of nitrogens with one attached hydrogen (secondary N) is 1. The molecule has 0 bridgehead atoms. The van der Waals surface area contributed by atoms with Gasteiger partial charge in [-0.15, -0.1) is 0 Å². The summed E-state index contributed by atoms with van der Waals surface area (Å²) in [5, 5.41) is 8.73. The van der Waals surface area contributed by atoms with Crippen LogP contribution in [0.4, 0.5) is 13.2 Å². The van der Waals surface area contributed by atoms with Crippen LogP contribution in [0.5, 0.6) is 0 Å². The third-order valence-electron chi connectivity index (χ3n) is 2.34. The molecule has 0 fully saturated rings. The number of aromatic amines is 1. The zero-order chi connectivity index (χ0) is 11.9. The molecule has 0 saturated carbocycles. The Morgan fingerprint density at radius 3 is 2.56 bits per heavy atom. The van der Waals surface area contributed by atoms with Gasteiger partial charge in [0.15, 0.2) is 0 Å². The van der Waals surface area contributed by atoms with Crippen LogP contribution in [0.15, 0.2) is 18.2 Å². The molecule has 0 aliphatic heterocycles. The summed E-state index contributed by atoms with van der Waals surface area (Å²) in [6, 6.07) is 5.64. The maximum Gasteiger partial charge on any atom is 0.418 e. The van der Waals surface area contributed by atoms with Gasteiger partial charge in [-0.2, -0.15) is 18.4 Å². The summed E-state index contributed by atoms with van der Waals surface area (Å²) in [5.41, 5.74) is -0.185. The third-order valence-corrected chi connectivity index (χ3v) is 2.34. The first-order valence-corrected chi connectivity index (χ1v) is 4.53. The normalized spacial score (nSPS) is 11.7. The Kier molecular flexibility index (Phi) is 2.16. The molecule has 1 aromatic heterocycles. The van der Waals surface area contributed by atoms with Gasteiger partial charge in [-0.05, 0) is 25.1 Å². The molecule has 0 spiro atoms. The van der Waals surface area contributed by atoms with E-state index in [1.807, 2.05) is 0 Å². The van der Waals surface area contributed by atoms with Crippen LogP contribution in [-0.4, -0.2) is 4.98 Å². The number of nitrogens with zero attached hydrogens (tertiary/aromatic N) is 1. The predicted octanol–water partition coefficient (Wildman–Crippen LogP) is 3.37. The molecule has 0 saturated heterocycles. The van der Waals surface area contributed by atoms with Gasteiger partial charge in [-0.1, -0.05) is 0 Å². The molecule has 1 heterocycles. The van der Waals surface area contributed by atoms with Gasteiger partial charge in [0.25, 0.3) is 0 Å². The number of fused-ring (bicyclic) bond motifs is 1. The summed E-state index contributed by atoms with van der Waals surface area (Å²) < 4.78 is 38.4. The van der Waals surface area contributed by atoms with Gasteiger partial charge in [0, 0.05) is 16.6 Å². The summed E-state index contributed by atoms with van der Waals surface area (Å²) in [5.74, 6) is 0. The highest BCUT2D eigenvalue weighted by atomic mass is 19.4. The van der Waals surface area contributed by atoms with E-state index in [4.69, 9.17) is 5.26 Å². The minimum atomic E-state index is -4.51. The topological polar surface area (TPSA) is 39.6 Å². The zero-order valence-corrected chi connectivity index (χ0v) is 8.31. The van der Waals surface area contributed by atoms with Crippen molar-refractivity contribution in [2.45, 2.75) is 13.1 Å². The number of aromatic nitrogens is 1. The smallest absolute Gasteiger partial charge is 0.359 e. The molecule has 5 heteroatoms. The average molecular weight is 224 g/mol. The Morgan fingerprint density at radius 1 is 1.31 bits per heavy atom. The first-order chi connectivity index (χ1) is 7.43. The van der Waals surface area contributed by atoms with Crippen LogP contribution in [0, 0.1) is 18.3 Å². The predicted molar refractivity (Wildman–Crippen MR) is 52.8 cm³/mol. The first kappa shape index (κ1) is 10.6. The molecule has 0 atom stereocenters. The van der Waals surface area contributed by atoms with Crippen LogP contribution in [0.1, 0.15) is 16.8 Å². The van der Waals surface area contributed by atoms with Crippen LogP contribution in [-0.2, 0) is 6.18 Å². The molecule has 1 N–H and O–H groups in total. The number of hydrogen-bond donors (Lipinski definition) is 1. The Balaban J connectivity index is 2.90. The molecular weight excluding hydrogens is 217 g/mol. The van der Waals surface area contributed by atoms with Crippen molar-refractivity contribution in [1.82, 2.24) is 4.98 Å². The highest BCUT2D eigenvalue weighted by Crippen LogP contribution is 2.37. The van der Waals surface area contributed by atoms with E-state index in [0.29, 0.717) is 11.2 Å². The minimum absolute atomic E-state index is 0.0454. The van der Waals surface area contributed by atoms with Crippen molar-refractivity contribution in [3.05, 3.63) is 35.0 Å². The zero-order valence-electron chi connectivity index (χ0n) is 8.31. The van der Waals surface area contributed by atoms with E-state index in [-0.39, 0.29) is 10.9 Å². The average Bonchev–Trinajstić information content (AvgIpc) is 2.54. The highest BCUT2D eigenvalue weighted by molar-refractivity contribution is 5.86. The van der Waals surface area contributed by atoms with E-state index in [2.05, 4.69) is 4.98 Å². The number of hydrogen-bond acceptors (Lipinski definition) is 1. The molecular formula is C11H7F3N2. The molecule has 82 valence electrons. The van der Waals surface area contributed by atoms with E-state index < -0.39 is 11.7 Å². The standard InChI is InChI=1S/C11H7F3N2/c1-6-4-8-9(16-6)3-2-7(5-15)10(8)11(12,13)14/h2-4,16H,1H3. The lowest BCUT2D eigenvalue weighted by Crippen LogP contribution is -2.08. The van der Waals surface area contributed by atoms with Crippen molar-refractivity contribution >= 4 is 10.9 Å². The van der Waals surface area contributed by atoms with Crippen molar-refractivity contribution in [2.24, 2.45) is 0 Å². The van der Waals surface area contributed by atoms with E-state index in [0.717, 1.165) is 0 Å². The quantitative estimate of drug-likeness (QED) is 0.732. The fourth-order valence-electron chi connectivity index (χ4n) is 1.74. The summed E-state index contributed by atoms with van der Waals surface area (Å²) in [4.78, 5) is 2.81. The van der Waals surface area contributed by atoms with Crippen molar-refractivity contribution in [3.8, 4) is 6.07 Å². The molecule has 0 amide bonds. The van der Waals surface area contributed by atoms with Gasteiger partial charge >= 0.3 is 6.18 Å². The fourth-order valence-corrected chi connectivity index (χ4v) is 1.74. The second kappa shape index (κ2) is 3.27. The number of rotatable bonds is 0. The lowest BCUT2D eigenvalue weighted by Gasteiger charge is -2.09. The molecule has 2 nitrogen and oxygen atoms in total. The number of nitriles is 1. The first-order valence-electron chi connectivity index (χ1n) is 4.53. The Labute approximate surface area is 89.3 Å². The Hall–Kier alpha value is -1.96. The second-order valence-electron chi connectivity index (χ2n) is 3.51. The van der Waals surface area contributed by atoms with E-state index in [1.165, 1.54) is 18.2 Å². The molecule has 16 heavy (non-hydrogen) atoms.